The van der Waals surface area contributed by atoms with Gasteiger partial charge < -0.3 is 15.5 Å². The highest BCUT2D eigenvalue weighted by molar-refractivity contribution is 5.77. The number of aliphatic carboxylic acids is 1. The molecule has 18 heavy (non-hydrogen) atoms. The molecule has 5 heteroatoms. The second-order valence-corrected chi connectivity index (χ2v) is 4.17. The Hall–Kier alpha value is -2.04. The summed E-state index contributed by atoms with van der Waals surface area (Å²) in [5, 5.41) is 20.7. The number of carboxylic acid groups (broad SMARTS) is 1. The molecule has 5 nitrogen and oxygen atoms in total. The van der Waals surface area contributed by atoms with E-state index in [1.165, 1.54) is 6.92 Å². The van der Waals surface area contributed by atoms with Crippen molar-refractivity contribution in [2.24, 2.45) is 5.92 Å². The van der Waals surface area contributed by atoms with Crippen molar-refractivity contribution in [3.05, 3.63) is 29.8 Å². The first-order valence-corrected chi connectivity index (χ1v) is 5.77. The fraction of sp³-hybridized carbons (Fsp3) is 0.385. The van der Waals surface area contributed by atoms with Gasteiger partial charge in [0.1, 0.15) is 5.75 Å². The minimum Gasteiger partial charge on any atom is -0.508 e. The van der Waals surface area contributed by atoms with Crippen LogP contribution in [0.1, 0.15) is 18.9 Å². The van der Waals surface area contributed by atoms with Gasteiger partial charge >= 0.3 is 5.97 Å². The molecule has 1 aromatic carbocycles. The lowest BCUT2D eigenvalue weighted by Gasteiger charge is -2.08. The number of carbonyl (C=O) groups is 2. The van der Waals surface area contributed by atoms with E-state index in [1.807, 2.05) is 0 Å². The van der Waals surface area contributed by atoms with E-state index >= 15 is 0 Å². The highest BCUT2D eigenvalue weighted by atomic mass is 16.4. The largest absolute Gasteiger partial charge is 0.508 e. The van der Waals surface area contributed by atoms with Gasteiger partial charge in [0.2, 0.25) is 5.91 Å². The van der Waals surface area contributed by atoms with Crippen LogP contribution in [-0.4, -0.2) is 28.6 Å². The molecule has 1 atom stereocenters. The summed E-state index contributed by atoms with van der Waals surface area (Å²) in [7, 11) is 0. The molecular weight excluding hydrogens is 234 g/mol. The molecule has 0 aromatic heterocycles. The van der Waals surface area contributed by atoms with Crippen LogP contribution >= 0.6 is 0 Å². The van der Waals surface area contributed by atoms with Crippen LogP contribution in [0.2, 0.25) is 0 Å². The summed E-state index contributed by atoms with van der Waals surface area (Å²) in [6, 6.07) is 6.83. The normalized spacial score (nSPS) is 11.8. The monoisotopic (exact) mass is 251 g/mol. The van der Waals surface area contributed by atoms with Gasteiger partial charge in [-0.05, 0) is 18.1 Å². The Bertz CT molecular complexity index is 431. The number of hydrogen-bond acceptors (Lipinski definition) is 3. The second-order valence-electron chi connectivity index (χ2n) is 4.17. The fourth-order valence-corrected chi connectivity index (χ4v) is 1.41. The highest BCUT2D eigenvalue weighted by Crippen LogP contribution is 2.16. The van der Waals surface area contributed by atoms with Crippen molar-refractivity contribution in [2.75, 3.05) is 6.54 Å². The number of para-hydroxylation sites is 1. The van der Waals surface area contributed by atoms with Gasteiger partial charge in [-0.3, -0.25) is 9.59 Å². The number of aromatic hydroxyl groups is 1. The molecule has 0 aliphatic heterocycles. The Kier molecular flexibility index (Phi) is 5.17. The van der Waals surface area contributed by atoms with Crippen LogP contribution in [-0.2, 0) is 16.0 Å². The van der Waals surface area contributed by atoms with Crippen LogP contribution < -0.4 is 5.32 Å². The molecule has 1 rings (SSSR count). The standard InChI is InChI=1S/C13H17NO4/c1-9(13(17)18)8-14-12(16)7-6-10-4-2-3-5-11(10)15/h2-5,9,15H,6-8H2,1H3,(H,14,16)(H,17,18). The molecular formula is C13H17NO4. The summed E-state index contributed by atoms with van der Waals surface area (Å²) < 4.78 is 0. The number of benzene rings is 1. The first kappa shape index (κ1) is 14.0. The van der Waals surface area contributed by atoms with E-state index < -0.39 is 11.9 Å². The van der Waals surface area contributed by atoms with Gasteiger partial charge in [-0.15, -0.1) is 0 Å². The molecule has 1 amide bonds. The molecule has 98 valence electrons. The van der Waals surface area contributed by atoms with Gasteiger partial charge in [-0.2, -0.15) is 0 Å². The number of phenols is 1. The number of nitrogens with one attached hydrogen (secondary N) is 1. The Labute approximate surface area is 105 Å². The van der Waals surface area contributed by atoms with Gasteiger partial charge in [-0.25, -0.2) is 0 Å². The van der Waals surface area contributed by atoms with Crippen molar-refractivity contribution < 1.29 is 19.8 Å². The predicted octanol–water partition coefficient (Wildman–Crippen LogP) is 1.16. The quantitative estimate of drug-likeness (QED) is 0.708. The molecule has 0 aliphatic carbocycles. The SMILES string of the molecule is CC(CNC(=O)CCc1ccccc1O)C(=O)O. The minimum atomic E-state index is -0.934. The summed E-state index contributed by atoms with van der Waals surface area (Å²) >= 11 is 0. The van der Waals surface area contributed by atoms with Crippen molar-refractivity contribution >= 4 is 11.9 Å². The van der Waals surface area contributed by atoms with Crippen molar-refractivity contribution in [1.82, 2.24) is 5.32 Å². The van der Waals surface area contributed by atoms with E-state index in [-0.39, 0.29) is 24.6 Å². The number of amides is 1. The zero-order valence-corrected chi connectivity index (χ0v) is 10.2. The van der Waals surface area contributed by atoms with E-state index in [4.69, 9.17) is 5.11 Å². The van der Waals surface area contributed by atoms with Gasteiger partial charge in [0.15, 0.2) is 0 Å². The Morgan fingerprint density at radius 2 is 2.00 bits per heavy atom. The summed E-state index contributed by atoms with van der Waals surface area (Å²) in [4.78, 5) is 22.0. The maximum absolute atomic E-state index is 11.5. The molecule has 0 saturated carbocycles. The third-order valence-electron chi connectivity index (χ3n) is 2.64. The lowest BCUT2D eigenvalue weighted by molar-refractivity contribution is -0.141. The number of carboxylic acids is 1. The summed E-state index contributed by atoms with van der Waals surface area (Å²) in [6.45, 7) is 1.65. The van der Waals surface area contributed by atoms with E-state index in [0.29, 0.717) is 12.0 Å². The Balaban J connectivity index is 2.34. The van der Waals surface area contributed by atoms with Gasteiger partial charge in [-0.1, -0.05) is 25.1 Å². The molecule has 0 heterocycles. The minimum absolute atomic E-state index is 0.120. The number of aryl methyl sites for hydroxylation is 1. The summed E-state index contributed by atoms with van der Waals surface area (Å²) in [5.74, 6) is -1.58. The van der Waals surface area contributed by atoms with Gasteiger partial charge in [0.25, 0.3) is 0 Å². The Morgan fingerprint density at radius 3 is 2.61 bits per heavy atom. The van der Waals surface area contributed by atoms with Crippen LogP contribution in [0, 0.1) is 5.92 Å². The van der Waals surface area contributed by atoms with Crippen molar-refractivity contribution in [3.63, 3.8) is 0 Å². The molecule has 0 bridgehead atoms. The lowest BCUT2D eigenvalue weighted by atomic mass is 10.1. The number of phenolic OH excluding ortho intramolecular Hbond substituents is 1. The topological polar surface area (TPSA) is 86.6 Å². The zero-order valence-electron chi connectivity index (χ0n) is 10.2. The maximum atomic E-state index is 11.5. The first-order chi connectivity index (χ1) is 8.50. The molecule has 1 aromatic rings. The van der Waals surface area contributed by atoms with Crippen LogP contribution in [0.4, 0.5) is 0 Å². The van der Waals surface area contributed by atoms with E-state index in [9.17, 15) is 14.7 Å². The Morgan fingerprint density at radius 1 is 1.33 bits per heavy atom. The van der Waals surface area contributed by atoms with Gasteiger partial charge in [0, 0.05) is 13.0 Å². The van der Waals surface area contributed by atoms with Gasteiger partial charge in [0.05, 0.1) is 5.92 Å². The molecule has 0 saturated heterocycles. The van der Waals surface area contributed by atoms with Crippen LogP contribution in [0.25, 0.3) is 0 Å². The van der Waals surface area contributed by atoms with Crippen molar-refractivity contribution in [3.8, 4) is 5.75 Å². The highest BCUT2D eigenvalue weighted by Gasteiger charge is 2.12. The average molecular weight is 251 g/mol. The zero-order chi connectivity index (χ0) is 13.5. The number of carbonyl (C=O) groups excluding carboxylic acids is 1. The first-order valence-electron chi connectivity index (χ1n) is 5.77. The molecule has 1 unspecified atom stereocenters. The van der Waals surface area contributed by atoms with Crippen molar-refractivity contribution in [1.29, 1.82) is 0 Å². The van der Waals surface area contributed by atoms with Crippen LogP contribution in [0.5, 0.6) is 5.75 Å². The van der Waals surface area contributed by atoms with Crippen LogP contribution in [0.15, 0.2) is 24.3 Å². The third-order valence-corrected chi connectivity index (χ3v) is 2.64. The number of rotatable bonds is 6. The third kappa shape index (κ3) is 4.45. The van der Waals surface area contributed by atoms with E-state index in [2.05, 4.69) is 5.32 Å². The second kappa shape index (κ2) is 6.64. The molecule has 0 radical (unpaired) electrons. The predicted molar refractivity (Wildman–Crippen MR) is 66.2 cm³/mol. The summed E-state index contributed by atoms with van der Waals surface area (Å²) in [6.07, 6.45) is 0.657. The van der Waals surface area contributed by atoms with Crippen molar-refractivity contribution in [2.45, 2.75) is 19.8 Å². The fourth-order valence-electron chi connectivity index (χ4n) is 1.41. The maximum Gasteiger partial charge on any atom is 0.308 e. The van der Waals surface area contributed by atoms with E-state index in [0.717, 1.165) is 0 Å². The number of hydrogen-bond donors (Lipinski definition) is 3. The smallest absolute Gasteiger partial charge is 0.308 e. The lowest BCUT2D eigenvalue weighted by Crippen LogP contribution is -2.31. The molecule has 0 fully saturated rings. The van der Waals surface area contributed by atoms with Crippen LogP contribution in [0.3, 0.4) is 0 Å². The summed E-state index contributed by atoms with van der Waals surface area (Å²) in [5.41, 5.74) is 0.707. The average Bonchev–Trinajstić information content (AvgIpc) is 2.34. The molecule has 3 N–H and O–H groups in total. The molecule has 0 aliphatic rings. The molecule has 0 spiro atoms. The van der Waals surface area contributed by atoms with E-state index in [1.54, 1.807) is 24.3 Å².